The predicted molar refractivity (Wildman–Crippen MR) is 101 cm³/mol. The van der Waals surface area contributed by atoms with Crippen LogP contribution in [0.2, 0.25) is 0 Å². The van der Waals surface area contributed by atoms with E-state index in [1.54, 1.807) is 30.9 Å². The molecule has 138 valence electrons. The van der Waals surface area contributed by atoms with Crippen LogP contribution in [-0.2, 0) is 6.18 Å². The molecular formula is C20H12F3N5. The van der Waals surface area contributed by atoms with Crippen LogP contribution in [0.4, 0.5) is 24.5 Å². The van der Waals surface area contributed by atoms with Gasteiger partial charge in [-0.3, -0.25) is 9.97 Å². The zero-order valence-electron chi connectivity index (χ0n) is 14.2. The highest BCUT2D eigenvalue weighted by atomic mass is 19.4. The number of aromatic amines is 1. The van der Waals surface area contributed by atoms with Crippen molar-refractivity contribution in [3.63, 3.8) is 0 Å². The van der Waals surface area contributed by atoms with Crippen LogP contribution in [0, 0.1) is 0 Å². The quantitative estimate of drug-likeness (QED) is 0.430. The molecule has 2 N–H and O–H groups in total. The van der Waals surface area contributed by atoms with Crippen molar-refractivity contribution in [1.29, 1.82) is 0 Å². The first-order valence-corrected chi connectivity index (χ1v) is 8.44. The number of hydrogen-bond donors (Lipinski definition) is 2. The molecule has 0 spiro atoms. The van der Waals surface area contributed by atoms with Gasteiger partial charge in [0.05, 0.1) is 27.8 Å². The Kier molecular flexibility index (Phi) is 3.48. The minimum atomic E-state index is -4.37. The first-order valence-electron chi connectivity index (χ1n) is 8.44. The van der Waals surface area contributed by atoms with E-state index in [4.69, 9.17) is 4.98 Å². The lowest BCUT2D eigenvalue weighted by Crippen LogP contribution is -2.04. The van der Waals surface area contributed by atoms with E-state index in [-0.39, 0.29) is 0 Å². The molecule has 5 aromatic rings. The summed E-state index contributed by atoms with van der Waals surface area (Å²) in [5, 5.41) is 4.86. The van der Waals surface area contributed by atoms with Crippen molar-refractivity contribution < 1.29 is 13.2 Å². The molecule has 0 atom stereocenters. The van der Waals surface area contributed by atoms with Gasteiger partial charge in [-0.15, -0.1) is 0 Å². The maximum absolute atomic E-state index is 12.8. The molecule has 4 aromatic heterocycles. The number of H-pyrrole nitrogens is 1. The van der Waals surface area contributed by atoms with E-state index in [0.717, 1.165) is 45.0 Å². The number of nitrogens with one attached hydrogen (secondary N) is 2. The van der Waals surface area contributed by atoms with Crippen LogP contribution in [0.15, 0.2) is 61.2 Å². The Hall–Kier alpha value is -3.68. The molecule has 0 amide bonds. The van der Waals surface area contributed by atoms with Gasteiger partial charge in [-0.1, -0.05) is 0 Å². The number of fused-ring (bicyclic) bond motifs is 4. The molecule has 0 saturated carbocycles. The number of benzene rings is 1. The van der Waals surface area contributed by atoms with Crippen molar-refractivity contribution in [2.75, 3.05) is 5.32 Å². The lowest BCUT2D eigenvalue weighted by Gasteiger charge is -2.12. The third-order valence-corrected chi connectivity index (χ3v) is 4.60. The van der Waals surface area contributed by atoms with Gasteiger partial charge in [0.25, 0.3) is 0 Å². The maximum Gasteiger partial charge on any atom is 0.416 e. The van der Waals surface area contributed by atoms with Crippen molar-refractivity contribution in [2.45, 2.75) is 6.18 Å². The molecule has 0 aliphatic carbocycles. The standard InChI is InChI=1S/C20H12F3N5/c21-20(22,23)11-1-3-12(4-2-11)26-17-13-9-24-7-5-15(13)27-18-14-10-25-8-6-16(14)28-19(17)18/h1-10,28H,(H,26,27). The fourth-order valence-electron chi connectivity index (χ4n) is 3.27. The second-order valence-electron chi connectivity index (χ2n) is 6.35. The van der Waals surface area contributed by atoms with E-state index in [1.807, 2.05) is 6.07 Å². The van der Waals surface area contributed by atoms with Gasteiger partial charge in [-0.2, -0.15) is 13.2 Å². The number of aromatic nitrogens is 4. The van der Waals surface area contributed by atoms with Gasteiger partial charge in [-0.25, -0.2) is 4.98 Å². The Balaban J connectivity index is 1.72. The third kappa shape index (κ3) is 2.61. The predicted octanol–water partition coefficient (Wildman–Crippen LogP) is 5.42. The molecule has 5 nitrogen and oxygen atoms in total. The number of anilines is 2. The third-order valence-electron chi connectivity index (χ3n) is 4.60. The Labute approximate surface area is 156 Å². The minimum Gasteiger partial charge on any atom is -0.353 e. The lowest BCUT2D eigenvalue weighted by atomic mass is 10.1. The topological polar surface area (TPSA) is 66.5 Å². The molecule has 0 aliphatic rings. The maximum atomic E-state index is 12.8. The second kappa shape index (κ2) is 5.91. The molecule has 28 heavy (non-hydrogen) atoms. The van der Waals surface area contributed by atoms with Crippen LogP contribution < -0.4 is 5.32 Å². The Bertz CT molecular complexity index is 1320. The molecule has 0 aliphatic heterocycles. The van der Waals surface area contributed by atoms with Gasteiger partial charge in [0.1, 0.15) is 5.52 Å². The average molecular weight is 379 g/mol. The summed E-state index contributed by atoms with van der Waals surface area (Å²) in [6.45, 7) is 0. The van der Waals surface area contributed by atoms with Gasteiger partial charge in [-0.05, 0) is 36.4 Å². The summed E-state index contributed by atoms with van der Waals surface area (Å²) in [6, 6.07) is 8.55. The SMILES string of the molecule is FC(F)(F)c1ccc(Nc2c3cnccc3nc3c2[nH]c2ccncc23)cc1. The summed E-state index contributed by atoms with van der Waals surface area (Å²) in [6.07, 6.45) is 2.37. The van der Waals surface area contributed by atoms with Gasteiger partial charge in [0.2, 0.25) is 0 Å². The molecule has 0 unspecified atom stereocenters. The molecule has 8 heteroatoms. The summed E-state index contributed by atoms with van der Waals surface area (Å²) in [7, 11) is 0. The molecule has 0 bridgehead atoms. The molecule has 4 heterocycles. The Morgan fingerprint density at radius 2 is 1.57 bits per heavy atom. The van der Waals surface area contributed by atoms with Crippen molar-refractivity contribution in [2.24, 2.45) is 0 Å². The number of pyridine rings is 3. The Morgan fingerprint density at radius 1 is 0.857 bits per heavy atom. The van der Waals surface area contributed by atoms with Gasteiger partial charge >= 0.3 is 6.18 Å². The van der Waals surface area contributed by atoms with Crippen LogP contribution in [0.5, 0.6) is 0 Å². The highest BCUT2D eigenvalue weighted by molar-refractivity contribution is 6.15. The monoisotopic (exact) mass is 379 g/mol. The van der Waals surface area contributed by atoms with Gasteiger partial charge < -0.3 is 10.3 Å². The zero-order valence-corrected chi connectivity index (χ0v) is 14.2. The number of rotatable bonds is 2. The van der Waals surface area contributed by atoms with E-state index >= 15 is 0 Å². The number of hydrogen-bond acceptors (Lipinski definition) is 4. The normalized spacial score (nSPS) is 12.1. The van der Waals surface area contributed by atoms with Crippen LogP contribution >= 0.6 is 0 Å². The number of alkyl halides is 3. The fourth-order valence-corrected chi connectivity index (χ4v) is 3.27. The summed E-state index contributed by atoms with van der Waals surface area (Å²) >= 11 is 0. The number of halogens is 3. The zero-order chi connectivity index (χ0) is 19.3. The number of nitrogens with zero attached hydrogens (tertiary/aromatic N) is 3. The molecule has 0 fully saturated rings. The average Bonchev–Trinajstić information content (AvgIpc) is 3.06. The first kappa shape index (κ1) is 16.5. The largest absolute Gasteiger partial charge is 0.416 e. The van der Waals surface area contributed by atoms with E-state index in [1.165, 1.54) is 12.1 Å². The molecule has 5 rings (SSSR count). The second-order valence-corrected chi connectivity index (χ2v) is 6.35. The summed E-state index contributed by atoms with van der Waals surface area (Å²) in [5.74, 6) is 0. The molecule has 0 radical (unpaired) electrons. The van der Waals surface area contributed by atoms with Gasteiger partial charge in [0.15, 0.2) is 0 Å². The smallest absolute Gasteiger partial charge is 0.353 e. The highest BCUT2D eigenvalue weighted by Crippen LogP contribution is 2.36. The van der Waals surface area contributed by atoms with E-state index in [0.29, 0.717) is 11.4 Å². The summed E-state index contributed by atoms with van der Waals surface area (Å²) in [5.41, 5.74) is 3.60. The minimum absolute atomic E-state index is 0.530. The van der Waals surface area contributed by atoms with E-state index in [2.05, 4.69) is 20.3 Å². The highest BCUT2D eigenvalue weighted by Gasteiger charge is 2.30. The van der Waals surface area contributed by atoms with Crippen molar-refractivity contribution in [1.82, 2.24) is 19.9 Å². The Morgan fingerprint density at radius 3 is 2.32 bits per heavy atom. The van der Waals surface area contributed by atoms with E-state index < -0.39 is 11.7 Å². The van der Waals surface area contributed by atoms with Crippen LogP contribution in [0.3, 0.4) is 0 Å². The lowest BCUT2D eigenvalue weighted by molar-refractivity contribution is -0.137. The molecule has 0 saturated heterocycles. The first-order chi connectivity index (χ1) is 13.5. The van der Waals surface area contributed by atoms with Crippen LogP contribution in [0.1, 0.15) is 5.56 Å². The molecular weight excluding hydrogens is 367 g/mol. The van der Waals surface area contributed by atoms with Crippen molar-refractivity contribution >= 4 is 44.2 Å². The van der Waals surface area contributed by atoms with Crippen molar-refractivity contribution in [3.05, 3.63) is 66.7 Å². The van der Waals surface area contributed by atoms with Crippen LogP contribution in [-0.4, -0.2) is 19.9 Å². The van der Waals surface area contributed by atoms with Gasteiger partial charge in [0, 0.05) is 41.2 Å². The van der Waals surface area contributed by atoms with Crippen LogP contribution in [0.25, 0.3) is 32.8 Å². The van der Waals surface area contributed by atoms with E-state index in [9.17, 15) is 13.2 Å². The molecule has 1 aromatic carbocycles. The summed E-state index contributed by atoms with van der Waals surface area (Å²) < 4.78 is 38.5. The fraction of sp³-hybridized carbons (Fsp3) is 0.0500. The summed E-state index contributed by atoms with van der Waals surface area (Å²) in [4.78, 5) is 16.4. The van der Waals surface area contributed by atoms with Crippen molar-refractivity contribution in [3.8, 4) is 0 Å².